The Hall–Kier alpha value is -1.30. The molecule has 0 fully saturated rings. The molecular formula is C16H18Cl2N2O2S. The Balaban J connectivity index is 2.42. The highest BCUT2D eigenvalue weighted by atomic mass is 35.5. The van der Waals surface area contributed by atoms with Crippen LogP contribution >= 0.6 is 35.4 Å². The molecule has 0 aromatic heterocycles. The summed E-state index contributed by atoms with van der Waals surface area (Å²) >= 11 is 17.6. The third-order valence-electron chi connectivity index (χ3n) is 3.33. The predicted molar refractivity (Wildman–Crippen MR) is 96.6 cm³/mol. The average molecular weight is 373 g/mol. The number of ether oxygens (including phenoxy) is 1. The first-order chi connectivity index (χ1) is 10.8. The minimum Gasteiger partial charge on any atom is -0.462 e. The molecule has 4 nitrogen and oxygen atoms in total. The Morgan fingerprint density at radius 3 is 2.74 bits per heavy atom. The molecule has 1 atom stereocenters. The van der Waals surface area contributed by atoms with Gasteiger partial charge in [0.05, 0.1) is 28.3 Å². The summed E-state index contributed by atoms with van der Waals surface area (Å²) in [6, 6.07) is 4.78. The minimum atomic E-state index is -0.505. The van der Waals surface area contributed by atoms with Crippen molar-refractivity contribution in [2.45, 2.75) is 26.8 Å². The van der Waals surface area contributed by atoms with Crippen LogP contribution in [0.3, 0.4) is 0 Å². The number of carbonyl (C=O) groups excluding carboxylic acids is 1. The monoisotopic (exact) mass is 372 g/mol. The number of carbonyl (C=O) groups is 1. The average Bonchev–Trinajstić information content (AvgIpc) is 2.47. The normalized spacial score (nSPS) is 17.8. The zero-order chi connectivity index (χ0) is 17.1. The van der Waals surface area contributed by atoms with Crippen molar-refractivity contribution in [2.24, 2.45) is 5.92 Å². The second-order valence-corrected chi connectivity index (χ2v) is 6.90. The molecule has 0 saturated carbocycles. The molecule has 2 rings (SSSR count). The molecule has 1 unspecified atom stereocenters. The number of hydrogen-bond donors (Lipinski definition) is 2. The van der Waals surface area contributed by atoms with Crippen LogP contribution in [0.25, 0.3) is 0 Å². The van der Waals surface area contributed by atoms with Gasteiger partial charge in [0.1, 0.15) is 0 Å². The molecule has 0 radical (unpaired) electrons. The molecule has 124 valence electrons. The Morgan fingerprint density at radius 2 is 2.09 bits per heavy atom. The van der Waals surface area contributed by atoms with Gasteiger partial charge in [-0.05, 0) is 36.7 Å². The van der Waals surface area contributed by atoms with Crippen LogP contribution in [-0.4, -0.2) is 17.7 Å². The zero-order valence-electron chi connectivity index (χ0n) is 13.1. The molecule has 1 heterocycles. The van der Waals surface area contributed by atoms with E-state index in [0.29, 0.717) is 38.6 Å². The van der Waals surface area contributed by atoms with Crippen molar-refractivity contribution in [3.05, 3.63) is 45.1 Å². The Labute approximate surface area is 151 Å². The lowest BCUT2D eigenvalue weighted by Crippen LogP contribution is -2.45. The van der Waals surface area contributed by atoms with Gasteiger partial charge in [-0.15, -0.1) is 0 Å². The predicted octanol–water partition coefficient (Wildman–Crippen LogP) is 3.99. The third kappa shape index (κ3) is 4.16. The summed E-state index contributed by atoms with van der Waals surface area (Å²) < 4.78 is 5.37. The van der Waals surface area contributed by atoms with Crippen molar-refractivity contribution in [3.8, 4) is 0 Å². The van der Waals surface area contributed by atoms with Crippen LogP contribution in [0.5, 0.6) is 0 Å². The fourth-order valence-corrected chi connectivity index (χ4v) is 2.95. The van der Waals surface area contributed by atoms with Crippen molar-refractivity contribution in [3.63, 3.8) is 0 Å². The number of allylic oxidation sites excluding steroid dienone is 1. The van der Waals surface area contributed by atoms with E-state index in [0.717, 1.165) is 0 Å². The van der Waals surface area contributed by atoms with Gasteiger partial charge in [-0.3, -0.25) is 0 Å². The summed E-state index contributed by atoms with van der Waals surface area (Å²) in [5, 5.41) is 7.25. The van der Waals surface area contributed by atoms with E-state index in [1.54, 1.807) is 19.1 Å². The second-order valence-electron chi connectivity index (χ2n) is 5.71. The van der Waals surface area contributed by atoms with Crippen molar-refractivity contribution < 1.29 is 9.53 Å². The highest BCUT2D eigenvalue weighted by molar-refractivity contribution is 7.80. The molecule has 7 heteroatoms. The summed E-state index contributed by atoms with van der Waals surface area (Å²) in [5.41, 5.74) is 1.77. The lowest BCUT2D eigenvalue weighted by Gasteiger charge is -2.30. The van der Waals surface area contributed by atoms with E-state index in [1.165, 1.54) is 0 Å². The molecule has 0 saturated heterocycles. The highest BCUT2D eigenvalue weighted by Crippen LogP contribution is 2.35. The molecule has 1 aromatic rings. The van der Waals surface area contributed by atoms with E-state index < -0.39 is 12.0 Å². The van der Waals surface area contributed by atoms with Gasteiger partial charge < -0.3 is 15.4 Å². The second kappa shape index (κ2) is 7.51. The van der Waals surface area contributed by atoms with Crippen LogP contribution < -0.4 is 10.6 Å². The maximum absolute atomic E-state index is 12.5. The Kier molecular flexibility index (Phi) is 5.89. The molecule has 1 aromatic carbocycles. The lowest BCUT2D eigenvalue weighted by molar-refractivity contribution is -0.140. The van der Waals surface area contributed by atoms with Gasteiger partial charge in [0, 0.05) is 5.70 Å². The standard InChI is InChI=1S/C16H18Cl2N2O2S/c1-8(2)7-22-15(21)12-9(3)19-16(23)20-14(12)10-5-4-6-11(17)13(10)18/h4-6,8,14H,7H2,1-3H3,(H2,19,20,23). The van der Waals surface area contributed by atoms with E-state index >= 15 is 0 Å². The van der Waals surface area contributed by atoms with Crippen LogP contribution in [0.4, 0.5) is 0 Å². The molecule has 1 aliphatic rings. The SMILES string of the molecule is CC1=C(C(=O)OCC(C)C)C(c2cccc(Cl)c2Cl)NC(=S)N1. The first kappa shape index (κ1) is 18.0. The van der Waals surface area contributed by atoms with Gasteiger partial charge >= 0.3 is 5.97 Å². The van der Waals surface area contributed by atoms with Gasteiger partial charge in [-0.25, -0.2) is 4.79 Å². The molecule has 0 amide bonds. The molecular weight excluding hydrogens is 355 g/mol. The minimum absolute atomic E-state index is 0.249. The maximum Gasteiger partial charge on any atom is 0.338 e. The third-order valence-corrected chi connectivity index (χ3v) is 4.38. The number of benzene rings is 1. The van der Waals surface area contributed by atoms with Crippen LogP contribution in [0.2, 0.25) is 10.0 Å². The summed E-state index contributed by atoms with van der Waals surface area (Å²) in [4.78, 5) is 12.5. The lowest BCUT2D eigenvalue weighted by atomic mass is 9.95. The number of rotatable bonds is 4. The van der Waals surface area contributed by atoms with Crippen LogP contribution in [-0.2, 0) is 9.53 Å². The van der Waals surface area contributed by atoms with Crippen molar-refractivity contribution >= 4 is 46.5 Å². The zero-order valence-corrected chi connectivity index (χ0v) is 15.4. The topological polar surface area (TPSA) is 50.4 Å². The van der Waals surface area contributed by atoms with Crippen molar-refractivity contribution in [1.82, 2.24) is 10.6 Å². The first-order valence-corrected chi connectivity index (χ1v) is 8.37. The van der Waals surface area contributed by atoms with Crippen molar-refractivity contribution in [2.75, 3.05) is 6.61 Å². The molecule has 23 heavy (non-hydrogen) atoms. The number of hydrogen-bond acceptors (Lipinski definition) is 3. The van der Waals surface area contributed by atoms with Crippen LogP contribution in [0, 0.1) is 5.92 Å². The first-order valence-electron chi connectivity index (χ1n) is 7.20. The highest BCUT2D eigenvalue weighted by Gasteiger charge is 2.32. The smallest absolute Gasteiger partial charge is 0.338 e. The van der Waals surface area contributed by atoms with Gasteiger partial charge in [-0.1, -0.05) is 49.2 Å². The van der Waals surface area contributed by atoms with E-state index in [4.69, 9.17) is 40.2 Å². The van der Waals surface area contributed by atoms with Crippen LogP contribution in [0.1, 0.15) is 32.4 Å². The largest absolute Gasteiger partial charge is 0.462 e. The van der Waals surface area contributed by atoms with E-state index in [2.05, 4.69) is 10.6 Å². The van der Waals surface area contributed by atoms with E-state index in [9.17, 15) is 4.79 Å². The van der Waals surface area contributed by atoms with E-state index in [1.807, 2.05) is 19.9 Å². The van der Waals surface area contributed by atoms with Gasteiger partial charge in [0.15, 0.2) is 5.11 Å². The van der Waals surface area contributed by atoms with Crippen molar-refractivity contribution in [1.29, 1.82) is 0 Å². The fourth-order valence-electron chi connectivity index (χ4n) is 2.26. The Morgan fingerprint density at radius 1 is 1.39 bits per heavy atom. The Bertz CT molecular complexity index is 674. The molecule has 0 aliphatic carbocycles. The molecule has 2 N–H and O–H groups in total. The number of halogens is 2. The summed E-state index contributed by atoms with van der Waals surface area (Å²) in [5.74, 6) is -0.154. The summed E-state index contributed by atoms with van der Waals surface area (Å²) in [6.07, 6.45) is 0. The van der Waals surface area contributed by atoms with Gasteiger partial charge in [0.25, 0.3) is 0 Å². The number of nitrogens with one attached hydrogen (secondary N) is 2. The fraction of sp³-hybridized carbons (Fsp3) is 0.375. The molecule has 1 aliphatic heterocycles. The van der Waals surface area contributed by atoms with Gasteiger partial charge in [0.2, 0.25) is 0 Å². The number of esters is 1. The van der Waals surface area contributed by atoms with E-state index in [-0.39, 0.29) is 5.92 Å². The molecule has 0 spiro atoms. The summed E-state index contributed by atoms with van der Waals surface area (Å²) in [6.45, 7) is 6.08. The van der Waals surface area contributed by atoms with Gasteiger partial charge in [-0.2, -0.15) is 0 Å². The molecule has 0 bridgehead atoms. The maximum atomic E-state index is 12.5. The number of thiocarbonyl (C=S) groups is 1. The summed E-state index contributed by atoms with van der Waals surface area (Å²) in [7, 11) is 0. The van der Waals surface area contributed by atoms with Crippen LogP contribution in [0.15, 0.2) is 29.5 Å². The quantitative estimate of drug-likeness (QED) is 0.618.